The van der Waals surface area contributed by atoms with Gasteiger partial charge in [0, 0.05) is 26.3 Å². The van der Waals surface area contributed by atoms with Crippen LogP contribution in [0.25, 0.3) is 22.2 Å². The Morgan fingerprint density at radius 3 is 2.68 bits per heavy atom. The Morgan fingerprint density at radius 2 is 2.00 bits per heavy atom. The fraction of sp³-hybridized carbons (Fsp3) is 0.450. The van der Waals surface area contributed by atoms with E-state index in [9.17, 15) is 4.79 Å². The molecule has 2 heterocycles. The molecule has 8 heteroatoms. The van der Waals surface area contributed by atoms with Gasteiger partial charge in [0.15, 0.2) is 11.5 Å². The van der Waals surface area contributed by atoms with Crippen LogP contribution >= 0.6 is 0 Å². The molecule has 1 aliphatic carbocycles. The summed E-state index contributed by atoms with van der Waals surface area (Å²) in [6.45, 7) is 1.22. The number of aromatic amines is 1. The number of nitrogens with one attached hydrogen (secondary N) is 2. The lowest BCUT2D eigenvalue weighted by molar-refractivity contribution is 0.0660. The minimum atomic E-state index is -0.134. The molecular formula is C20H24N6O2. The maximum absolute atomic E-state index is 13.6. The second-order valence-corrected chi connectivity index (χ2v) is 7.15. The average molecular weight is 380 g/mol. The largest absolute Gasteiger partial charge is 0.385 e. The number of H-pyrrole nitrogens is 1. The number of aromatic nitrogens is 3. The van der Waals surface area contributed by atoms with Crippen LogP contribution in [0.3, 0.4) is 0 Å². The summed E-state index contributed by atoms with van der Waals surface area (Å²) in [6, 6.07) is 7.74. The zero-order valence-electron chi connectivity index (χ0n) is 15.9. The molecule has 1 amide bonds. The van der Waals surface area contributed by atoms with Crippen molar-refractivity contribution in [2.75, 3.05) is 20.3 Å². The van der Waals surface area contributed by atoms with E-state index in [4.69, 9.17) is 10.3 Å². The van der Waals surface area contributed by atoms with Crippen molar-refractivity contribution in [3.63, 3.8) is 0 Å². The highest BCUT2D eigenvalue weighted by Crippen LogP contribution is 2.32. The number of carbonyl (C=O) groups is 1. The second-order valence-electron chi connectivity index (χ2n) is 7.15. The number of hydrogen-bond acceptors (Lipinski definition) is 6. The highest BCUT2D eigenvalue weighted by molar-refractivity contribution is 6.10. The smallest absolute Gasteiger partial charge is 0.260 e. The number of nitrogens with zero attached hydrogens (tertiary/aromatic N) is 4. The van der Waals surface area contributed by atoms with Gasteiger partial charge in [0.05, 0.1) is 11.0 Å². The molecule has 8 nitrogen and oxygen atoms in total. The van der Waals surface area contributed by atoms with E-state index < -0.39 is 0 Å². The number of rotatable bonds is 7. The van der Waals surface area contributed by atoms with Gasteiger partial charge >= 0.3 is 0 Å². The summed E-state index contributed by atoms with van der Waals surface area (Å²) >= 11 is 0. The van der Waals surface area contributed by atoms with E-state index in [1.165, 1.54) is 0 Å². The van der Waals surface area contributed by atoms with Gasteiger partial charge in [-0.15, -0.1) is 5.11 Å². The third kappa shape index (κ3) is 3.35. The number of carbonyl (C=O) groups excluding carboxylic acids is 1. The Balaban J connectivity index is 1.78. The van der Waals surface area contributed by atoms with Gasteiger partial charge in [-0.2, -0.15) is 0 Å². The van der Waals surface area contributed by atoms with Crippen molar-refractivity contribution in [1.82, 2.24) is 19.9 Å². The van der Waals surface area contributed by atoms with Crippen molar-refractivity contribution in [3.05, 3.63) is 29.8 Å². The number of benzene rings is 1. The SMILES string of the molecule is COCCCN(C(=O)c1c(N=N)[nH]c2nc3ccccc3nc12)C1CCCC1. The minimum absolute atomic E-state index is 0.134. The van der Waals surface area contributed by atoms with Crippen molar-refractivity contribution in [2.24, 2.45) is 5.11 Å². The van der Waals surface area contributed by atoms with Crippen LogP contribution in [-0.4, -0.2) is 52.1 Å². The molecule has 0 saturated heterocycles. The van der Waals surface area contributed by atoms with Gasteiger partial charge in [-0.25, -0.2) is 15.5 Å². The van der Waals surface area contributed by atoms with Gasteiger partial charge in [-0.05, 0) is 31.4 Å². The second kappa shape index (κ2) is 8.02. The fourth-order valence-corrected chi connectivity index (χ4v) is 4.02. The number of amides is 1. The fourth-order valence-electron chi connectivity index (χ4n) is 4.02. The summed E-state index contributed by atoms with van der Waals surface area (Å²) in [6.07, 6.45) is 5.04. The molecule has 1 aliphatic rings. The van der Waals surface area contributed by atoms with Gasteiger partial charge in [0.1, 0.15) is 11.1 Å². The topological polar surface area (TPSA) is 107 Å². The van der Waals surface area contributed by atoms with Crippen LogP contribution < -0.4 is 0 Å². The van der Waals surface area contributed by atoms with Crippen LogP contribution in [0.2, 0.25) is 0 Å². The zero-order chi connectivity index (χ0) is 19.5. The van der Waals surface area contributed by atoms with E-state index in [1.807, 2.05) is 29.2 Å². The number of methoxy groups -OCH3 is 1. The van der Waals surface area contributed by atoms with E-state index >= 15 is 0 Å². The number of fused-ring (bicyclic) bond motifs is 2. The van der Waals surface area contributed by atoms with Gasteiger partial charge in [0.2, 0.25) is 0 Å². The first kappa shape index (κ1) is 18.5. The molecule has 0 bridgehead atoms. The monoisotopic (exact) mass is 380 g/mol. The van der Waals surface area contributed by atoms with Crippen LogP contribution in [0.1, 0.15) is 42.5 Å². The van der Waals surface area contributed by atoms with Gasteiger partial charge < -0.3 is 14.6 Å². The Kier molecular flexibility index (Phi) is 5.29. The molecule has 0 spiro atoms. The maximum atomic E-state index is 13.6. The number of ether oxygens (including phenoxy) is 1. The quantitative estimate of drug-likeness (QED) is 0.473. The molecule has 1 fully saturated rings. The molecule has 146 valence electrons. The lowest BCUT2D eigenvalue weighted by Crippen LogP contribution is -2.40. The summed E-state index contributed by atoms with van der Waals surface area (Å²) in [5.41, 5.74) is 10.3. The first-order chi connectivity index (χ1) is 13.7. The Morgan fingerprint density at radius 1 is 1.29 bits per heavy atom. The van der Waals surface area contributed by atoms with Gasteiger partial charge in [-0.1, -0.05) is 25.0 Å². The highest BCUT2D eigenvalue weighted by Gasteiger charge is 2.31. The Hall–Kier alpha value is -2.87. The van der Waals surface area contributed by atoms with E-state index in [0.717, 1.165) is 37.6 Å². The van der Waals surface area contributed by atoms with E-state index in [1.54, 1.807) is 7.11 Å². The minimum Gasteiger partial charge on any atom is -0.385 e. The molecule has 3 aromatic rings. The predicted molar refractivity (Wildman–Crippen MR) is 106 cm³/mol. The molecular weight excluding hydrogens is 356 g/mol. The van der Waals surface area contributed by atoms with Crippen LogP contribution in [0.5, 0.6) is 0 Å². The molecule has 2 aromatic heterocycles. The molecule has 0 atom stereocenters. The lowest BCUT2D eigenvalue weighted by Gasteiger charge is -2.29. The van der Waals surface area contributed by atoms with E-state index in [2.05, 4.69) is 20.1 Å². The van der Waals surface area contributed by atoms with Gasteiger partial charge in [0.25, 0.3) is 5.91 Å². The van der Waals surface area contributed by atoms with E-state index in [0.29, 0.717) is 35.4 Å². The molecule has 1 saturated carbocycles. The standard InChI is InChI=1S/C20H24N6O2/c1-28-12-6-11-26(13-7-2-3-8-13)20(27)16-17-19(24-18(16)25-21)23-15-10-5-4-9-14(15)22-17/h4-5,9-10,13,21H,2-3,6-8,11-12H2,1H3,(H,23,24). The summed E-state index contributed by atoms with van der Waals surface area (Å²) < 4.78 is 5.17. The molecule has 1 aromatic carbocycles. The van der Waals surface area contributed by atoms with E-state index in [-0.39, 0.29) is 17.8 Å². The molecule has 0 aliphatic heterocycles. The van der Waals surface area contributed by atoms with Crippen molar-refractivity contribution in [3.8, 4) is 0 Å². The number of hydrogen-bond donors (Lipinski definition) is 2. The van der Waals surface area contributed by atoms with Crippen molar-refractivity contribution < 1.29 is 9.53 Å². The first-order valence-corrected chi connectivity index (χ1v) is 9.68. The Bertz CT molecular complexity index is 1010. The average Bonchev–Trinajstić information content (AvgIpc) is 3.36. The predicted octanol–water partition coefficient (Wildman–Crippen LogP) is 4.19. The van der Waals surface area contributed by atoms with Crippen LogP contribution in [0.4, 0.5) is 5.82 Å². The molecule has 28 heavy (non-hydrogen) atoms. The van der Waals surface area contributed by atoms with Gasteiger partial charge in [-0.3, -0.25) is 4.79 Å². The molecule has 0 radical (unpaired) electrons. The van der Waals surface area contributed by atoms with Crippen LogP contribution in [0.15, 0.2) is 29.4 Å². The van der Waals surface area contributed by atoms with Crippen molar-refractivity contribution in [2.45, 2.75) is 38.1 Å². The van der Waals surface area contributed by atoms with Crippen molar-refractivity contribution in [1.29, 1.82) is 5.53 Å². The first-order valence-electron chi connectivity index (χ1n) is 9.68. The lowest BCUT2D eigenvalue weighted by atomic mass is 10.1. The maximum Gasteiger partial charge on any atom is 0.260 e. The summed E-state index contributed by atoms with van der Waals surface area (Å²) in [4.78, 5) is 27.7. The molecule has 4 rings (SSSR count). The van der Waals surface area contributed by atoms with Crippen LogP contribution in [0, 0.1) is 5.53 Å². The van der Waals surface area contributed by atoms with Crippen molar-refractivity contribution >= 4 is 33.9 Å². The van der Waals surface area contributed by atoms with Crippen LogP contribution in [-0.2, 0) is 4.74 Å². The summed E-state index contributed by atoms with van der Waals surface area (Å²) in [5.74, 6) is 0.0786. The molecule has 2 N–H and O–H groups in total. The third-order valence-corrected chi connectivity index (χ3v) is 5.38. The Labute approximate surface area is 162 Å². The zero-order valence-corrected chi connectivity index (χ0v) is 15.9. The third-order valence-electron chi connectivity index (χ3n) is 5.38. The highest BCUT2D eigenvalue weighted by atomic mass is 16.5. The summed E-state index contributed by atoms with van der Waals surface area (Å²) in [7, 11) is 1.67. The number of para-hydroxylation sites is 2. The molecule has 0 unspecified atom stereocenters. The summed E-state index contributed by atoms with van der Waals surface area (Å²) in [5, 5.41) is 3.57. The normalized spacial score (nSPS) is 14.8.